The molecular formula is C14H15NO2S. The van der Waals surface area contributed by atoms with Crippen molar-refractivity contribution >= 4 is 11.3 Å². The summed E-state index contributed by atoms with van der Waals surface area (Å²) in [6.45, 7) is 1.58. The standard InChI is InChI=1S/C14H15NO2S/c16-10-3-4-12-13(9-17-14(12)8-10)15-6-5-11-2-1-7-18-11/h1-4,7-8,13,15-16H,5-6,9H2. The summed E-state index contributed by atoms with van der Waals surface area (Å²) < 4.78 is 5.56. The van der Waals surface area contributed by atoms with Crippen LogP contribution in [0.15, 0.2) is 35.7 Å². The fourth-order valence-corrected chi connectivity index (χ4v) is 2.90. The number of aromatic hydroxyl groups is 1. The number of phenolic OH excluding ortho intramolecular Hbond substituents is 1. The van der Waals surface area contributed by atoms with Gasteiger partial charge in [-0.15, -0.1) is 11.3 Å². The molecule has 0 saturated heterocycles. The number of fused-ring (bicyclic) bond motifs is 1. The molecule has 1 aromatic carbocycles. The highest BCUT2D eigenvalue weighted by atomic mass is 32.1. The largest absolute Gasteiger partial charge is 0.508 e. The molecule has 3 rings (SSSR count). The van der Waals surface area contributed by atoms with Gasteiger partial charge in [0.05, 0.1) is 6.04 Å². The van der Waals surface area contributed by atoms with Crippen LogP contribution in [-0.4, -0.2) is 18.3 Å². The van der Waals surface area contributed by atoms with Crippen molar-refractivity contribution in [2.75, 3.05) is 13.2 Å². The lowest BCUT2D eigenvalue weighted by molar-refractivity contribution is 0.311. The summed E-state index contributed by atoms with van der Waals surface area (Å²) >= 11 is 1.79. The van der Waals surface area contributed by atoms with Gasteiger partial charge in [-0.1, -0.05) is 6.07 Å². The molecule has 0 bridgehead atoms. The average molecular weight is 261 g/mol. The first-order valence-electron chi connectivity index (χ1n) is 6.04. The Hall–Kier alpha value is -1.52. The number of rotatable bonds is 4. The molecule has 0 amide bonds. The van der Waals surface area contributed by atoms with Crippen molar-refractivity contribution in [1.29, 1.82) is 0 Å². The van der Waals surface area contributed by atoms with Crippen molar-refractivity contribution in [3.05, 3.63) is 46.2 Å². The van der Waals surface area contributed by atoms with Crippen LogP contribution in [0.3, 0.4) is 0 Å². The summed E-state index contributed by atoms with van der Waals surface area (Å²) in [5.41, 5.74) is 1.14. The maximum atomic E-state index is 9.38. The van der Waals surface area contributed by atoms with Gasteiger partial charge in [0.2, 0.25) is 0 Å². The van der Waals surface area contributed by atoms with Gasteiger partial charge < -0.3 is 15.2 Å². The molecule has 0 spiro atoms. The van der Waals surface area contributed by atoms with E-state index < -0.39 is 0 Å². The van der Waals surface area contributed by atoms with Crippen LogP contribution in [0.2, 0.25) is 0 Å². The molecule has 2 heterocycles. The Kier molecular flexibility index (Phi) is 3.21. The Morgan fingerprint density at radius 1 is 1.39 bits per heavy atom. The van der Waals surface area contributed by atoms with Crippen molar-refractivity contribution in [3.8, 4) is 11.5 Å². The molecule has 0 aliphatic carbocycles. The lowest BCUT2D eigenvalue weighted by Gasteiger charge is -2.10. The van der Waals surface area contributed by atoms with E-state index in [0.29, 0.717) is 6.61 Å². The van der Waals surface area contributed by atoms with E-state index in [4.69, 9.17) is 4.74 Å². The van der Waals surface area contributed by atoms with Crippen LogP contribution in [-0.2, 0) is 6.42 Å². The Morgan fingerprint density at radius 3 is 3.17 bits per heavy atom. The molecular weight excluding hydrogens is 246 g/mol. The summed E-state index contributed by atoms with van der Waals surface area (Å²) in [6.07, 6.45) is 1.04. The quantitative estimate of drug-likeness (QED) is 0.889. The smallest absolute Gasteiger partial charge is 0.127 e. The minimum absolute atomic E-state index is 0.237. The summed E-state index contributed by atoms with van der Waals surface area (Å²) in [4.78, 5) is 1.40. The third-order valence-electron chi connectivity index (χ3n) is 3.12. The van der Waals surface area contributed by atoms with Crippen molar-refractivity contribution in [3.63, 3.8) is 0 Å². The van der Waals surface area contributed by atoms with Gasteiger partial charge in [-0.2, -0.15) is 0 Å². The van der Waals surface area contributed by atoms with E-state index in [1.54, 1.807) is 23.5 Å². The second kappa shape index (κ2) is 5.00. The topological polar surface area (TPSA) is 41.5 Å². The maximum Gasteiger partial charge on any atom is 0.127 e. The van der Waals surface area contributed by atoms with Crippen LogP contribution >= 0.6 is 11.3 Å². The molecule has 1 aliphatic rings. The van der Waals surface area contributed by atoms with Crippen LogP contribution in [0.4, 0.5) is 0 Å². The van der Waals surface area contributed by atoms with Crippen molar-refractivity contribution in [2.24, 2.45) is 0 Å². The molecule has 1 atom stereocenters. The molecule has 1 aliphatic heterocycles. The second-order valence-corrected chi connectivity index (χ2v) is 5.40. The normalized spacial score (nSPS) is 17.4. The van der Waals surface area contributed by atoms with Gasteiger partial charge in [-0.05, 0) is 30.0 Å². The summed E-state index contributed by atoms with van der Waals surface area (Å²) in [7, 11) is 0. The number of nitrogens with one attached hydrogen (secondary N) is 1. The Balaban J connectivity index is 1.59. The first kappa shape index (κ1) is 11.6. The van der Waals surface area contributed by atoms with Gasteiger partial charge in [0.25, 0.3) is 0 Å². The van der Waals surface area contributed by atoms with Gasteiger partial charge in [0.1, 0.15) is 18.1 Å². The maximum absolute atomic E-state index is 9.38. The van der Waals surface area contributed by atoms with E-state index in [0.717, 1.165) is 24.3 Å². The van der Waals surface area contributed by atoms with Gasteiger partial charge in [0, 0.05) is 23.1 Å². The number of ether oxygens (including phenoxy) is 1. The van der Waals surface area contributed by atoms with E-state index in [2.05, 4.69) is 22.8 Å². The minimum Gasteiger partial charge on any atom is -0.508 e. The number of phenols is 1. The highest BCUT2D eigenvalue weighted by Gasteiger charge is 2.23. The van der Waals surface area contributed by atoms with Gasteiger partial charge in [0.15, 0.2) is 0 Å². The Labute approximate surface area is 110 Å². The van der Waals surface area contributed by atoms with Crippen LogP contribution < -0.4 is 10.1 Å². The predicted octanol–water partition coefficient (Wildman–Crippen LogP) is 2.72. The SMILES string of the molecule is Oc1ccc2c(c1)OCC2NCCc1cccs1. The number of thiophene rings is 1. The third-order valence-corrected chi connectivity index (χ3v) is 4.06. The Bertz CT molecular complexity index is 525. The summed E-state index contributed by atoms with van der Waals surface area (Å²) in [5.74, 6) is 1.05. The summed E-state index contributed by atoms with van der Waals surface area (Å²) in [6, 6.07) is 9.79. The predicted molar refractivity (Wildman–Crippen MR) is 72.4 cm³/mol. The van der Waals surface area contributed by atoms with Gasteiger partial charge >= 0.3 is 0 Å². The van der Waals surface area contributed by atoms with Crippen LogP contribution in [0.5, 0.6) is 11.5 Å². The van der Waals surface area contributed by atoms with Gasteiger partial charge in [-0.25, -0.2) is 0 Å². The average Bonchev–Trinajstić information content (AvgIpc) is 2.99. The Morgan fingerprint density at radius 2 is 2.33 bits per heavy atom. The molecule has 0 saturated carbocycles. The van der Waals surface area contributed by atoms with Crippen LogP contribution in [0.1, 0.15) is 16.5 Å². The second-order valence-electron chi connectivity index (χ2n) is 4.37. The lowest BCUT2D eigenvalue weighted by atomic mass is 10.1. The number of benzene rings is 1. The van der Waals surface area contributed by atoms with Gasteiger partial charge in [-0.3, -0.25) is 0 Å². The number of hydrogen-bond donors (Lipinski definition) is 2. The molecule has 4 heteroatoms. The van der Waals surface area contributed by atoms with E-state index in [-0.39, 0.29) is 11.8 Å². The van der Waals surface area contributed by atoms with E-state index in [1.807, 2.05) is 6.07 Å². The van der Waals surface area contributed by atoms with E-state index in [1.165, 1.54) is 4.88 Å². The molecule has 94 valence electrons. The highest BCUT2D eigenvalue weighted by Crippen LogP contribution is 2.34. The molecule has 18 heavy (non-hydrogen) atoms. The minimum atomic E-state index is 0.237. The molecule has 1 aromatic heterocycles. The van der Waals surface area contributed by atoms with Crippen LogP contribution in [0.25, 0.3) is 0 Å². The van der Waals surface area contributed by atoms with Crippen molar-refractivity contribution in [1.82, 2.24) is 5.32 Å². The fourth-order valence-electron chi connectivity index (χ4n) is 2.19. The fraction of sp³-hybridized carbons (Fsp3) is 0.286. The van der Waals surface area contributed by atoms with E-state index in [9.17, 15) is 5.11 Å². The van der Waals surface area contributed by atoms with Crippen LogP contribution in [0, 0.1) is 0 Å². The molecule has 0 fully saturated rings. The van der Waals surface area contributed by atoms with E-state index >= 15 is 0 Å². The monoisotopic (exact) mass is 261 g/mol. The molecule has 2 aromatic rings. The third kappa shape index (κ3) is 2.35. The molecule has 1 unspecified atom stereocenters. The first-order valence-corrected chi connectivity index (χ1v) is 6.92. The molecule has 3 nitrogen and oxygen atoms in total. The molecule has 0 radical (unpaired) electrons. The molecule has 2 N–H and O–H groups in total. The zero-order valence-corrected chi connectivity index (χ0v) is 10.7. The zero-order chi connectivity index (χ0) is 12.4. The number of hydrogen-bond acceptors (Lipinski definition) is 4. The lowest BCUT2D eigenvalue weighted by Crippen LogP contribution is -2.24. The zero-order valence-electron chi connectivity index (χ0n) is 9.93. The first-order chi connectivity index (χ1) is 8.83. The van der Waals surface area contributed by atoms with Crippen molar-refractivity contribution in [2.45, 2.75) is 12.5 Å². The van der Waals surface area contributed by atoms with Crippen molar-refractivity contribution < 1.29 is 9.84 Å². The highest BCUT2D eigenvalue weighted by molar-refractivity contribution is 7.09. The summed E-state index contributed by atoms with van der Waals surface area (Å²) in [5, 5.41) is 15.0.